The zero-order valence-corrected chi connectivity index (χ0v) is 18.0. The lowest BCUT2D eigenvalue weighted by Gasteiger charge is -2.19. The van der Waals surface area contributed by atoms with Crippen LogP contribution in [0.1, 0.15) is 29.8 Å². The Morgan fingerprint density at radius 1 is 1.21 bits per heavy atom. The molecule has 28 heavy (non-hydrogen) atoms. The Morgan fingerprint density at radius 3 is 2.54 bits per heavy atom. The van der Waals surface area contributed by atoms with Crippen molar-refractivity contribution < 1.29 is 17.9 Å². The van der Waals surface area contributed by atoms with Crippen LogP contribution in [-0.2, 0) is 10.0 Å². The summed E-state index contributed by atoms with van der Waals surface area (Å²) in [4.78, 5) is 14.2. The normalized spacial score (nSPS) is 11.5. The van der Waals surface area contributed by atoms with Gasteiger partial charge in [0.1, 0.15) is 12.4 Å². The van der Waals surface area contributed by atoms with Gasteiger partial charge in [0.05, 0.1) is 22.0 Å². The first-order chi connectivity index (χ1) is 13.1. The molecule has 1 N–H and O–H groups in total. The molecule has 8 heteroatoms. The van der Waals surface area contributed by atoms with Crippen molar-refractivity contribution in [3.8, 4) is 5.75 Å². The number of nitrogens with zero attached hydrogens (tertiary/aromatic N) is 1. The SMILES string of the molecule is Cc1ccccc1OCCN(C)C(=O)c1cc(S(=O)(=O)NC(C)C)ccc1Cl. The van der Waals surface area contributed by atoms with Crippen molar-refractivity contribution in [3.63, 3.8) is 0 Å². The smallest absolute Gasteiger partial charge is 0.255 e. The van der Waals surface area contributed by atoms with Crippen molar-refractivity contribution >= 4 is 27.5 Å². The van der Waals surface area contributed by atoms with Gasteiger partial charge < -0.3 is 9.64 Å². The molecule has 152 valence electrons. The van der Waals surface area contributed by atoms with E-state index >= 15 is 0 Å². The number of nitrogens with one attached hydrogen (secondary N) is 1. The molecule has 0 aliphatic heterocycles. The van der Waals surface area contributed by atoms with Crippen LogP contribution in [0.5, 0.6) is 5.75 Å². The van der Waals surface area contributed by atoms with Crippen LogP contribution in [0, 0.1) is 6.92 Å². The summed E-state index contributed by atoms with van der Waals surface area (Å²) in [5, 5.41) is 0.195. The molecule has 0 unspecified atom stereocenters. The monoisotopic (exact) mass is 424 g/mol. The summed E-state index contributed by atoms with van der Waals surface area (Å²) in [6, 6.07) is 11.5. The fraction of sp³-hybridized carbons (Fsp3) is 0.350. The molecule has 0 radical (unpaired) electrons. The third-order valence-corrected chi connectivity index (χ3v) is 5.98. The van der Waals surface area contributed by atoms with Crippen LogP contribution < -0.4 is 9.46 Å². The Hall–Kier alpha value is -2.09. The third-order valence-electron chi connectivity index (χ3n) is 3.99. The second-order valence-corrected chi connectivity index (χ2v) is 8.88. The first-order valence-electron chi connectivity index (χ1n) is 8.87. The van der Waals surface area contributed by atoms with Gasteiger partial charge in [0.2, 0.25) is 10.0 Å². The van der Waals surface area contributed by atoms with Gasteiger partial charge in [-0.15, -0.1) is 0 Å². The van der Waals surface area contributed by atoms with Gasteiger partial charge >= 0.3 is 0 Å². The second kappa shape index (κ2) is 9.41. The van der Waals surface area contributed by atoms with Crippen molar-refractivity contribution in [2.75, 3.05) is 20.2 Å². The van der Waals surface area contributed by atoms with Gasteiger partial charge in [-0.25, -0.2) is 13.1 Å². The Morgan fingerprint density at radius 2 is 1.89 bits per heavy atom. The number of carbonyl (C=O) groups excluding carboxylic acids is 1. The minimum Gasteiger partial charge on any atom is -0.491 e. The number of sulfonamides is 1. The summed E-state index contributed by atoms with van der Waals surface area (Å²) < 4.78 is 32.9. The fourth-order valence-electron chi connectivity index (χ4n) is 2.53. The van der Waals surface area contributed by atoms with Gasteiger partial charge in [0, 0.05) is 13.1 Å². The van der Waals surface area contributed by atoms with Crippen molar-refractivity contribution in [1.29, 1.82) is 0 Å². The molecule has 0 atom stereocenters. The van der Waals surface area contributed by atoms with Crippen molar-refractivity contribution in [3.05, 3.63) is 58.6 Å². The lowest BCUT2D eigenvalue weighted by Crippen LogP contribution is -2.32. The molecule has 0 heterocycles. The highest BCUT2D eigenvalue weighted by Crippen LogP contribution is 2.22. The maximum Gasteiger partial charge on any atom is 0.255 e. The predicted octanol–water partition coefficient (Wildman–Crippen LogP) is 3.49. The number of benzene rings is 2. The minimum absolute atomic E-state index is 0.00138. The first kappa shape index (κ1) is 22.2. The molecule has 0 bridgehead atoms. The molecule has 0 saturated heterocycles. The highest BCUT2D eigenvalue weighted by molar-refractivity contribution is 7.89. The van der Waals surface area contributed by atoms with E-state index in [0.29, 0.717) is 13.2 Å². The molecular weight excluding hydrogens is 400 g/mol. The lowest BCUT2D eigenvalue weighted by atomic mass is 10.2. The fourth-order valence-corrected chi connectivity index (χ4v) is 4.01. The number of hydrogen-bond donors (Lipinski definition) is 1. The Labute approximate surface area is 171 Å². The van der Waals surface area contributed by atoms with Crippen LogP contribution in [0.3, 0.4) is 0 Å². The van der Waals surface area contributed by atoms with E-state index in [1.807, 2.05) is 31.2 Å². The third kappa shape index (κ3) is 5.70. The number of aryl methyl sites for hydroxylation is 1. The summed E-state index contributed by atoms with van der Waals surface area (Å²) in [7, 11) is -2.10. The highest BCUT2D eigenvalue weighted by atomic mass is 35.5. The van der Waals surface area contributed by atoms with Gasteiger partial charge in [-0.1, -0.05) is 29.8 Å². The minimum atomic E-state index is -3.72. The van der Waals surface area contributed by atoms with E-state index in [4.69, 9.17) is 16.3 Å². The molecule has 2 aromatic carbocycles. The molecule has 6 nitrogen and oxygen atoms in total. The predicted molar refractivity (Wildman–Crippen MR) is 111 cm³/mol. The number of hydrogen-bond acceptors (Lipinski definition) is 4. The van der Waals surface area contributed by atoms with Crippen LogP contribution in [0.2, 0.25) is 5.02 Å². The van der Waals surface area contributed by atoms with Crippen LogP contribution in [0.25, 0.3) is 0 Å². The Balaban J connectivity index is 2.10. The van der Waals surface area contributed by atoms with E-state index in [9.17, 15) is 13.2 Å². The van der Waals surface area contributed by atoms with Crippen LogP contribution in [0.4, 0.5) is 0 Å². The molecular formula is C20H25ClN2O4S. The number of carbonyl (C=O) groups is 1. The van der Waals surface area contributed by atoms with E-state index in [1.165, 1.54) is 23.1 Å². The standard InChI is InChI=1S/C20H25ClN2O4S/c1-14(2)22-28(25,26)16-9-10-18(21)17(13-16)20(24)23(4)11-12-27-19-8-6-5-7-15(19)3/h5-10,13-14,22H,11-12H2,1-4H3. The molecule has 0 aliphatic carbocycles. The van der Waals surface area contributed by atoms with Crippen LogP contribution in [0.15, 0.2) is 47.4 Å². The zero-order chi connectivity index (χ0) is 20.9. The van der Waals surface area contributed by atoms with Crippen molar-refractivity contribution in [2.45, 2.75) is 31.7 Å². The molecule has 0 saturated carbocycles. The summed E-state index contributed by atoms with van der Waals surface area (Å²) in [6.07, 6.45) is 0. The van der Waals surface area contributed by atoms with Gasteiger partial charge in [0.15, 0.2) is 0 Å². The molecule has 0 fully saturated rings. The Bertz CT molecular complexity index is 945. The maximum absolute atomic E-state index is 12.7. The number of ether oxygens (including phenoxy) is 1. The van der Waals surface area contributed by atoms with Gasteiger partial charge in [-0.2, -0.15) is 0 Å². The lowest BCUT2D eigenvalue weighted by molar-refractivity contribution is 0.0773. The van der Waals surface area contributed by atoms with Crippen LogP contribution in [-0.4, -0.2) is 45.5 Å². The van der Waals surface area contributed by atoms with Crippen LogP contribution >= 0.6 is 11.6 Å². The quantitative estimate of drug-likeness (QED) is 0.703. The number of amides is 1. The zero-order valence-electron chi connectivity index (χ0n) is 16.4. The average Bonchev–Trinajstić information content (AvgIpc) is 2.61. The molecule has 2 aromatic rings. The van der Waals surface area contributed by atoms with E-state index in [0.717, 1.165) is 11.3 Å². The molecule has 0 spiro atoms. The summed E-state index contributed by atoms with van der Waals surface area (Å²) in [6.45, 7) is 6.02. The van der Waals surface area contributed by atoms with Crippen molar-refractivity contribution in [1.82, 2.24) is 9.62 Å². The summed E-state index contributed by atoms with van der Waals surface area (Å²) >= 11 is 6.15. The number of para-hydroxylation sites is 1. The molecule has 2 rings (SSSR count). The van der Waals surface area contributed by atoms with Crippen molar-refractivity contribution in [2.24, 2.45) is 0 Å². The molecule has 0 aromatic heterocycles. The molecule has 0 aliphatic rings. The van der Waals surface area contributed by atoms with Gasteiger partial charge in [-0.05, 0) is 50.6 Å². The number of likely N-dealkylation sites (N-methyl/N-ethyl adjacent to an activating group) is 1. The second-order valence-electron chi connectivity index (χ2n) is 6.76. The highest BCUT2D eigenvalue weighted by Gasteiger charge is 2.21. The Kier molecular flexibility index (Phi) is 7.46. The molecule has 1 amide bonds. The number of halogens is 1. The maximum atomic E-state index is 12.7. The van der Waals surface area contributed by atoms with E-state index in [-0.39, 0.29) is 27.4 Å². The van der Waals surface area contributed by atoms with E-state index in [1.54, 1.807) is 20.9 Å². The van der Waals surface area contributed by atoms with Gasteiger partial charge in [0.25, 0.3) is 5.91 Å². The average molecular weight is 425 g/mol. The first-order valence-corrected chi connectivity index (χ1v) is 10.7. The number of rotatable bonds is 8. The largest absolute Gasteiger partial charge is 0.491 e. The van der Waals surface area contributed by atoms with E-state index in [2.05, 4.69) is 4.72 Å². The topological polar surface area (TPSA) is 75.7 Å². The van der Waals surface area contributed by atoms with Gasteiger partial charge in [-0.3, -0.25) is 4.79 Å². The van der Waals surface area contributed by atoms with E-state index < -0.39 is 10.0 Å². The summed E-state index contributed by atoms with van der Waals surface area (Å²) in [5.74, 6) is 0.384. The summed E-state index contributed by atoms with van der Waals surface area (Å²) in [5.41, 5.74) is 1.14.